The average molecular weight is 163 g/mol. The van der Waals surface area contributed by atoms with Crippen LogP contribution in [0.1, 0.15) is 5.56 Å². The Labute approximate surface area is 72.5 Å². The summed E-state index contributed by atoms with van der Waals surface area (Å²) >= 11 is 0. The van der Waals surface area contributed by atoms with Crippen molar-refractivity contribution < 1.29 is 5.11 Å². The second-order valence-corrected chi connectivity index (χ2v) is 2.68. The zero-order valence-corrected chi connectivity index (χ0v) is 7.17. The van der Waals surface area contributed by atoms with E-state index in [-0.39, 0.29) is 5.75 Å². The number of rotatable bonds is 3. The first-order valence-electron chi connectivity index (χ1n) is 3.86. The van der Waals surface area contributed by atoms with Crippen molar-refractivity contribution in [1.82, 2.24) is 5.32 Å². The van der Waals surface area contributed by atoms with E-state index in [0.29, 0.717) is 0 Å². The number of phenols is 1. The third kappa shape index (κ3) is 2.10. The molecule has 0 bridgehead atoms. The molecule has 0 amide bonds. The number of nitrogens with one attached hydrogen (secondary N) is 1. The van der Waals surface area contributed by atoms with E-state index in [4.69, 9.17) is 5.11 Å². The van der Waals surface area contributed by atoms with Crippen molar-refractivity contribution in [2.75, 3.05) is 13.6 Å². The lowest BCUT2D eigenvalue weighted by Gasteiger charge is -2.04. The molecular formula is C10H13NO. The van der Waals surface area contributed by atoms with Gasteiger partial charge in [0.25, 0.3) is 0 Å². The number of hydrogen-bond donors (Lipinski definition) is 2. The van der Waals surface area contributed by atoms with Gasteiger partial charge in [-0.25, -0.2) is 0 Å². The van der Waals surface area contributed by atoms with Crippen LogP contribution in [-0.4, -0.2) is 18.7 Å². The molecule has 0 aliphatic carbocycles. The summed E-state index contributed by atoms with van der Waals surface area (Å²) in [5, 5.41) is 12.2. The predicted octanol–water partition coefficient (Wildman–Crippen LogP) is 1.62. The molecular weight excluding hydrogens is 150 g/mol. The summed E-state index contributed by atoms with van der Waals surface area (Å²) in [5.74, 6) is 0.282. The fourth-order valence-corrected chi connectivity index (χ4v) is 1.04. The molecule has 0 spiro atoms. The second kappa shape index (κ2) is 3.93. The van der Waals surface area contributed by atoms with Crippen molar-refractivity contribution in [1.29, 1.82) is 0 Å². The molecule has 12 heavy (non-hydrogen) atoms. The van der Waals surface area contributed by atoms with Gasteiger partial charge in [0, 0.05) is 6.54 Å². The number of aromatic hydroxyl groups is 1. The van der Waals surface area contributed by atoms with Crippen LogP contribution in [0.3, 0.4) is 0 Å². The van der Waals surface area contributed by atoms with Gasteiger partial charge in [-0.2, -0.15) is 0 Å². The highest BCUT2D eigenvalue weighted by Gasteiger charge is 1.97. The Balaban J connectivity index is 2.81. The highest BCUT2D eigenvalue weighted by atomic mass is 16.3. The van der Waals surface area contributed by atoms with Crippen LogP contribution in [0.15, 0.2) is 30.8 Å². The molecule has 1 rings (SSSR count). The molecule has 2 nitrogen and oxygen atoms in total. The average Bonchev–Trinajstić information content (AvgIpc) is 2.05. The summed E-state index contributed by atoms with van der Waals surface area (Å²) in [6.07, 6.45) is 0. The zero-order chi connectivity index (χ0) is 8.97. The monoisotopic (exact) mass is 163 g/mol. The smallest absolute Gasteiger partial charge is 0.116 e. The molecule has 0 radical (unpaired) electrons. The van der Waals surface area contributed by atoms with Crippen LogP contribution in [0, 0.1) is 0 Å². The van der Waals surface area contributed by atoms with Gasteiger partial charge in [-0.15, -0.1) is 0 Å². The molecule has 1 aromatic rings. The summed E-state index contributed by atoms with van der Waals surface area (Å²) in [6, 6.07) is 7.10. The number of phenolic OH excluding ortho intramolecular Hbond substituents is 1. The molecule has 1 aromatic carbocycles. The number of likely N-dealkylation sites (N-methyl/N-ethyl adjacent to an activating group) is 1. The van der Waals surface area contributed by atoms with Gasteiger partial charge in [0.1, 0.15) is 5.75 Å². The Morgan fingerprint density at radius 1 is 1.58 bits per heavy atom. The minimum Gasteiger partial charge on any atom is -0.508 e. The van der Waals surface area contributed by atoms with Crippen molar-refractivity contribution in [3.05, 3.63) is 36.4 Å². The summed E-state index contributed by atoms with van der Waals surface area (Å²) in [7, 11) is 1.87. The SMILES string of the molecule is C=C(CNC)c1cccc(O)c1. The normalized spacial score (nSPS) is 9.75. The zero-order valence-electron chi connectivity index (χ0n) is 7.17. The summed E-state index contributed by atoms with van der Waals surface area (Å²) in [6.45, 7) is 4.62. The quantitative estimate of drug-likeness (QED) is 0.709. The summed E-state index contributed by atoms with van der Waals surface area (Å²) in [4.78, 5) is 0. The van der Waals surface area contributed by atoms with E-state index in [1.54, 1.807) is 12.1 Å². The third-order valence-electron chi connectivity index (χ3n) is 1.64. The molecule has 0 aromatic heterocycles. The van der Waals surface area contributed by atoms with E-state index < -0.39 is 0 Å². The van der Waals surface area contributed by atoms with E-state index in [1.807, 2.05) is 19.2 Å². The minimum absolute atomic E-state index is 0.282. The standard InChI is InChI=1S/C10H13NO/c1-8(7-11-2)9-4-3-5-10(12)6-9/h3-6,11-12H,1,7H2,2H3. The van der Waals surface area contributed by atoms with Crippen molar-refractivity contribution >= 4 is 5.57 Å². The first-order chi connectivity index (χ1) is 5.74. The van der Waals surface area contributed by atoms with Crippen LogP contribution in [0.2, 0.25) is 0 Å². The Hall–Kier alpha value is -1.28. The van der Waals surface area contributed by atoms with Crippen LogP contribution >= 0.6 is 0 Å². The van der Waals surface area contributed by atoms with Gasteiger partial charge in [-0.05, 0) is 30.3 Å². The van der Waals surface area contributed by atoms with E-state index in [1.165, 1.54) is 0 Å². The largest absolute Gasteiger partial charge is 0.508 e. The number of hydrogen-bond acceptors (Lipinski definition) is 2. The Morgan fingerprint density at radius 2 is 2.33 bits per heavy atom. The van der Waals surface area contributed by atoms with Gasteiger partial charge in [0.15, 0.2) is 0 Å². The molecule has 0 atom stereocenters. The van der Waals surface area contributed by atoms with Gasteiger partial charge < -0.3 is 10.4 Å². The first-order valence-corrected chi connectivity index (χ1v) is 3.86. The topological polar surface area (TPSA) is 32.3 Å². The molecule has 0 saturated carbocycles. The van der Waals surface area contributed by atoms with Crippen LogP contribution in [0.25, 0.3) is 5.57 Å². The Bertz CT molecular complexity index is 281. The van der Waals surface area contributed by atoms with Crippen LogP contribution < -0.4 is 5.32 Å². The van der Waals surface area contributed by atoms with Crippen LogP contribution in [0.4, 0.5) is 0 Å². The first kappa shape index (κ1) is 8.81. The van der Waals surface area contributed by atoms with Gasteiger partial charge >= 0.3 is 0 Å². The lowest BCUT2D eigenvalue weighted by molar-refractivity contribution is 0.475. The highest BCUT2D eigenvalue weighted by molar-refractivity contribution is 5.65. The molecule has 2 N–H and O–H groups in total. The van der Waals surface area contributed by atoms with Crippen molar-refractivity contribution in [2.45, 2.75) is 0 Å². The van der Waals surface area contributed by atoms with Gasteiger partial charge in [-0.3, -0.25) is 0 Å². The van der Waals surface area contributed by atoms with E-state index in [2.05, 4.69) is 11.9 Å². The van der Waals surface area contributed by atoms with Crippen molar-refractivity contribution in [2.24, 2.45) is 0 Å². The molecule has 0 heterocycles. The van der Waals surface area contributed by atoms with E-state index >= 15 is 0 Å². The minimum atomic E-state index is 0.282. The highest BCUT2D eigenvalue weighted by Crippen LogP contribution is 2.16. The fourth-order valence-electron chi connectivity index (χ4n) is 1.04. The lowest BCUT2D eigenvalue weighted by Crippen LogP contribution is -2.08. The van der Waals surface area contributed by atoms with Gasteiger partial charge in [0.2, 0.25) is 0 Å². The molecule has 0 unspecified atom stereocenters. The Morgan fingerprint density at radius 3 is 2.92 bits per heavy atom. The van der Waals surface area contributed by atoms with Crippen molar-refractivity contribution in [3.63, 3.8) is 0 Å². The summed E-state index contributed by atoms with van der Waals surface area (Å²) in [5.41, 5.74) is 1.96. The second-order valence-electron chi connectivity index (χ2n) is 2.68. The van der Waals surface area contributed by atoms with Crippen LogP contribution in [-0.2, 0) is 0 Å². The maximum Gasteiger partial charge on any atom is 0.116 e. The molecule has 0 aliphatic heterocycles. The van der Waals surface area contributed by atoms with Gasteiger partial charge in [-0.1, -0.05) is 18.7 Å². The molecule has 2 heteroatoms. The van der Waals surface area contributed by atoms with E-state index in [9.17, 15) is 0 Å². The number of benzene rings is 1. The summed E-state index contributed by atoms with van der Waals surface area (Å²) < 4.78 is 0. The Kier molecular flexibility index (Phi) is 2.88. The maximum absolute atomic E-state index is 9.17. The fraction of sp³-hybridized carbons (Fsp3) is 0.200. The molecule has 0 fully saturated rings. The molecule has 0 aliphatic rings. The van der Waals surface area contributed by atoms with Crippen LogP contribution in [0.5, 0.6) is 5.75 Å². The van der Waals surface area contributed by atoms with Crippen molar-refractivity contribution in [3.8, 4) is 5.75 Å². The maximum atomic E-state index is 9.17. The lowest BCUT2D eigenvalue weighted by atomic mass is 10.1. The van der Waals surface area contributed by atoms with Gasteiger partial charge in [0.05, 0.1) is 0 Å². The molecule has 64 valence electrons. The third-order valence-corrected chi connectivity index (χ3v) is 1.64. The predicted molar refractivity (Wildman–Crippen MR) is 51.1 cm³/mol. The molecule has 0 saturated heterocycles. The van der Waals surface area contributed by atoms with E-state index in [0.717, 1.165) is 17.7 Å².